The van der Waals surface area contributed by atoms with Gasteiger partial charge in [-0.25, -0.2) is 4.98 Å². The summed E-state index contributed by atoms with van der Waals surface area (Å²) in [6, 6.07) is 12.4. The number of anilines is 2. The molecular formula is C15H19N3. The molecule has 0 spiro atoms. The van der Waals surface area contributed by atoms with Crippen molar-refractivity contribution >= 4 is 11.5 Å². The Morgan fingerprint density at radius 2 is 1.94 bits per heavy atom. The molecule has 2 rings (SSSR count). The molecule has 3 heteroatoms. The SMILES string of the molecule is Cc1ccccc1N(C)c1ncccc1CCN. The first-order chi connectivity index (χ1) is 8.74. The summed E-state index contributed by atoms with van der Waals surface area (Å²) in [6.45, 7) is 2.75. The first kappa shape index (κ1) is 12.6. The molecule has 1 heterocycles. The molecule has 0 saturated carbocycles. The number of benzene rings is 1. The van der Waals surface area contributed by atoms with Crippen LogP contribution in [0.25, 0.3) is 0 Å². The Morgan fingerprint density at radius 1 is 1.17 bits per heavy atom. The molecule has 0 radical (unpaired) electrons. The Labute approximate surface area is 108 Å². The van der Waals surface area contributed by atoms with E-state index in [9.17, 15) is 0 Å². The van der Waals surface area contributed by atoms with Crippen LogP contribution in [-0.2, 0) is 6.42 Å². The molecule has 1 aromatic carbocycles. The summed E-state index contributed by atoms with van der Waals surface area (Å²) in [4.78, 5) is 6.61. The Balaban J connectivity index is 2.40. The second-order valence-electron chi connectivity index (χ2n) is 4.37. The molecule has 94 valence electrons. The highest BCUT2D eigenvalue weighted by atomic mass is 15.2. The number of nitrogens with two attached hydrogens (primary N) is 1. The van der Waals surface area contributed by atoms with Gasteiger partial charge in [0.25, 0.3) is 0 Å². The van der Waals surface area contributed by atoms with Gasteiger partial charge in [-0.05, 0) is 43.1 Å². The van der Waals surface area contributed by atoms with Crippen LogP contribution in [0.3, 0.4) is 0 Å². The van der Waals surface area contributed by atoms with E-state index in [0.29, 0.717) is 6.54 Å². The van der Waals surface area contributed by atoms with Gasteiger partial charge in [-0.1, -0.05) is 24.3 Å². The third-order valence-corrected chi connectivity index (χ3v) is 3.08. The van der Waals surface area contributed by atoms with Crippen LogP contribution in [0.15, 0.2) is 42.6 Å². The van der Waals surface area contributed by atoms with Crippen LogP contribution < -0.4 is 10.6 Å². The summed E-state index contributed by atoms with van der Waals surface area (Å²) in [5.74, 6) is 0.984. The van der Waals surface area contributed by atoms with Crippen molar-refractivity contribution in [3.05, 3.63) is 53.7 Å². The molecular weight excluding hydrogens is 222 g/mol. The van der Waals surface area contributed by atoms with Crippen molar-refractivity contribution in [3.8, 4) is 0 Å². The number of pyridine rings is 1. The fourth-order valence-electron chi connectivity index (χ4n) is 2.14. The van der Waals surface area contributed by atoms with E-state index < -0.39 is 0 Å². The normalized spacial score (nSPS) is 10.4. The van der Waals surface area contributed by atoms with Crippen LogP contribution in [-0.4, -0.2) is 18.6 Å². The second-order valence-corrected chi connectivity index (χ2v) is 4.37. The van der Waals surface area contributed by atoms with Crippen LogP contribution in [0.4, 0.5) is 11.5 Å². The van der Waals surface area contributed by atoms with Crippen molar-refractivity contribution in [2.45, 2.75) is 13.3 Å². The maximum atomic E-state index is 5.65. The Morgan fingerprint density at radius 3 is 2.67 bits per heavy atom. The van der Waals surface area contributed by atoms with E-state index in [2.05, 4.69) is 35.0 Å². The minimum Gasteiger partial charge on any atom is -0.330 e. The lowest BCUT2D eigenvalue weighted by atomic mass is 10.1. The number of hydrogen-bond acceptors (Lipinski definition) is 3. The summed E-state index contributed by atoms with van der Waals surface area (Å²) in [7, 11) is 2.05. The van der Waals surface area contributed by atoms with E-state index in [4.69, 9.17) is 5.73 Å². The minimum atomic E-state index is 0.639. The van der Waals surface area contributed by atoms with Gasteiger partial charge in [-0.3, -0.25) is 0 Å². The van der Waals surface area contributed by atoms with E-state index in [-0.39, 0.29) is 0 Å². The minimum absolute atomic E-state index is 0.639. The zero-order valence-corrected chi connectivity index (χ0v) is 10.9. The number of rotatable bonds is 4. The van der Waals surface area contributed by atoms with E-state index in [0.717, 1.165) is 12.2 Å². The Hall–Kier alpha value is -1.87. The molecule has 0 fully saturated rings. The standard InChI is InChI=1S/C15H19N3/c1-12-6-3-4-8-14(12)18(2)15-13(9-10-16)7-5-11-17-15/h3-8,11H,9-10,16H2,1-2H3. The number of aryl methyl sites for hydroxylation is 1. The molecule has 3 nitrogen and oxygen atoms in total. The van der Waals surface area contributed by atoms with Crippen molar-refractivity contribution in [3.63, 3.8) is 0 Å². The first-order valence-electron chi connectivity index (χ1n) is 6.17. The molecule has 0 bridgehead atoms. The van der Waals surface area contributed by atoms with Crippen LogP contribution in [0.2, 0.25) is 0 Å². The van der Waals surface area contributed by atoms with Gasteiger partial charge in [-0.2, -0.15) is 0 Å². The topological polar surface area (TPSA) is 42.2 Å². The van der Waals surface area contributed by atoms with Gasteiger partial charge in [-0.15, -0.1) is 0 Å². The van der Waals surface area contributed by atoms with Crippen molar-refractivity contribution in [2.24, 2.45) is 5.73 Å². The smallest absolute Gasteiger partial charge is 0.135 e. The average Bonchev–Trinajstić information content (AvgIpc) is 2.40. The first-order valence-corrected chi connectivity index (χ1v) is 6.17. The molecule has 0 atom stereocenters. The summed E-state index contributed by atoms with van der Waals surface area (Å²) < 4.78 is 0. The Kier molecular flexibility index (Phi) is 3.95. The molecule has 18 heavy (non-hydrogen) atoms. The molecule has 0 aliphatic rings. The summed E-state index contributed by atoms with van der Waals surface area (Å²) in [5.41, 5.74) is 9.25. The zero-order valence-electron chi connectivity index (χ0n) is 10.9. The lowest BCUT2D eigenvalue weighted by molar-refractivity contribution is 0.945. The number of nitrogens with zero attached hydrogens (tertiary/aromatic N) is 2. The zero-order chi connectivity index (χ0) is 13.0. The summed E-state index contributed by atoms with van der Waals surface area (Å²) in [5, 5.41) is 0. The van der Waals surface area contributed by atoms with Crippen molar-refractivity contribution in [1.82, 2.24) is 4.98 Å². The molecule has 0 saturated heterocycles. The van der Waals surface area contributed by atoms with Crippen LogP contribution in [0, 0.1) is 6.92 Å². The molecule has 0 aliphatic heterocycles. The van der Waals surface area contributed by atoms with Crippen molar-refractivity contribution in [1.29, 1.82) is 0 Å². The fourth-order valence-corrected chi connectivity index (χ4v) is 2.14. The van der Waals surface area contributed by atoms with Crippen molar-refractivity contribution < 1.29 is 0 Å². The average molecular weight is 241 g/mol. The van der Waals surface area contributed by atoms with Crippen LogP contribution >= 0.6 is 0 Å². The van der Waals surface area contributed by atoms with Gasteiger partial charge in [0.15, 0.2) is 0 Å². The third kappa shape index (κ3) is 2.51. The predicted molar refractivity (Wildman–Crippen MR) is 76.2 cm³/mol. The molecule has 0 unspecified atom stereocenters. The van der Waals surface area contributed by atoms with E-state index in [1.54, 1.807) is 0 Å². The van der Waals surface area contributed by atoms with Gasteiger partial charge in [0.2, 0.25) is 0 Å². The Bertz CT molecular complexity index is 523. The highest BCUT2D eigenvalue weighted by molar-refractivity contribution is 5.65. The number of hydrogen-bond donors (Lipinski definition) is 1. The lowest BCUT2D eigenvalue weighted by Gasteiger charge is -2.22. The maximum absolute atomic E-state index is 5.65. The highest BCUT2D eigenvalue weighted by Crippen LogP contribution is 2.27. The maximum Gasteiger partial charge on any atom is 0.135 e. The second kappa shape index (κ2) is 5.65. The van der Waals surface area contributed by atoms with Gasteiger partial charge in [0.05, 0.1) is 0 Å². The molecule has 0 amide bonds. The quantitative estimate of drug-likeness (QED) is 0.894. The van der Waals surface area contributed by atoms with Gasteiger partial charge < -0.3 is 10.6 Å². The molecule has 1 aromatic heterocycles. The van der Waals surface area contributed by atoms with Gasteiger partial charge in [0.1, 0.15) is 5.82 Å². The van der Waals surface area contributed by atoms with Gasteiger partial charge in [0, 0.05) is 18.9 Å². The number of para-hydroxylation sites is 1. The number of aromatic nitrogens is 1. The monoisotopic (exact) mass is 241 g/mol. The van der Waals surface area contributed by atoms with E-state index >= 15 is 0 Å². The lowest BCUT2D eigenvalue weighted by Crippen LogP contribution is -2.16. The molecule has 2 aromatic rings. The summed E-state index contributed by atoms with van der Waals surface area (Å²) in [6.07, 6.45) is 2.67. The third-order valence-electron chi connectivity index (χ3n) is 3.08. The fraction of sp³-hybridized carbons (Fsp3) is 0.267. The molecule has 2 N–H and O–H groups in total. The van der Waals surface area contributed by atoms with Crippen LogP contribution in [0.5, 0.6) is 0 Å². The van der Waals surface area contributed by atoms with E-state index in [1.165, 1.54) is 16.8 Å². The van der Waals surface area contributed by atoms with E-state index in [1.807, 2.05) is 31.4 Å². The predicted octanol–water partition coefficient (Wildman–Crippen LogP) is 2.66. The van der Waals surface area contributed by atoms with Crippen LogP contribution in [0.1, 0.15) is 11.1 Å². The molecule has 0 aliphatic carbocycles. The highest BCUT2D eigenvalue weighted by Gasteiger charge is 2.11. The largest absolute Gasteiger partial charge is 0.330 e. The van der Waals surface area contributed by atoms with Crippen molar-refractivity contribution in [2.75, 3.05) is 18.5 Å². The summed E-state index contributed by atoms with van der Waals surface area (Å²) >= 11 is 0. The van der Waals surface area contributed by atoms with Gasteiger partial charge >= 0.3 is 0 Å².